The number of nitrogens with zero attached hydrogens (tertiary/aromatic N) is 1. The number of rotatable bonds is 3. The Morgan fingerprint density at radius 1 is 1.24 bits per heavy atom. The highest BCUT2D eigenvalue weighted by Gasteiger charge is 2.28. The van der Waals surface area contributed by atoms with E-state index >= 15 is 0 Å². The van der Waals surface area contributed by atoms with Crippen LogP contribution >= 0.6 is 0 Å². The first-order valence-electron chi connectivity index (χ1n) is 7.27. The summed E-state index contributed by atoms with van der Waals surface area (Å²) in [5.74, 6) is -1.45. The maximum atomic E-state index is 13.9. The zero-order valence-electron chi connectivity index (χ0n) is 12.4. The summed E-state index contributed by atoms with van der Waals surface area (Å²) in [5, 5.41) is 9.12. The Kier molecular flexibility index (Phi) is 4.93. The molecule has 1 aromatic carbocycles. The van der Waals surface area contributed by atoms with Crippen molar-refractivity contribution in [3.05, 3.63) is 34.9 Å². The fraction of sp³-hybridized carbons (Fsp3) is 0.562. The summed E-state index contributed by atoms with van der Waals surface area (Å²) in [4.78, 5) is 13.8. The molecular weight excluding hydrogens is 276 g/mol. The van der Waals surface area contributed by atoms with Crippen molar-refractivity contribution < 1.29 is 18.7 Å². The van der Waals surface area contributed by atoms with Gasteiger partial charge in [-0.15, -0.1) is 0 Å². The molecule has 0 spiro atoms. The highest BCUT2D eigenvalue weighted by molar-refractivity contribution is 5.94. The molecule has 3 nitrogen and oxygen atoms in total. The largest absolute Gasteiger partial charge is 0.396 e. The monoisotopic (exact) mass is 297 g/mol. The van der Waals surface area contributed by atoms with Gasteiger partial charge in [-0.05, 0) is 56.2 Å². The summed E-state index contributed by atoms with van der Waals surface area (Å²) in [7, 11) is 1.63. The molecule has 21 heavy (non-hydrogen) atoms. The van der Waals surface area contributed by atoms with Crippen molar-refractivity contribution in [3.8, 4) is 0 Å². The Morgan fingerprint density at radius 2 is 1.86 bits per heavy atom. The quantitative estimate of drug-likeness (QED) is 0.932. The maximum absolute atomic E-state index is 13.9. The molecule has 1 aromatic rings. The normalized spacial score (nSPS) is 22.1. The average Bonchev–Trinajstić information content (AvgIpc) is 2.49. The van der Waals surface area contributed by atoms with Gasteiger partial charge in [0.05, 0.1) is 5.56 Å². The summed E-state index contributed by atoms with van der Waals surface area (Å²) in [6.07, 6.45) is 3.26. The van der Waals surface area contributed by atoms with E-state index in [-0.39, 0.29) is 23.8 Å². The molecule has 2 rings (SSSR count). The molecule has 0 heterocycles. The van der Waals surface area contributed by atoms with E-state index in [2.05, 4.69) is 0 Å². The summed E-state index contributed by atoms with van der Waals surface area (Å²) < 4.78 is 27.4. The lowest BCUT2D eigenvalue weighted by molar-refractivity contribution is 0.0648. The highest BCUT2D eigenvalue weighted by Crippen LogP contribution is 2.28. The van der Waals surface area contributed by atoms with Crippen molar-refractivity contribution >= 4 is 5.91 Å². The van der Waals surface area contributed by atoms with Crippen molar-refractivity contribution in [1.29, 1.82) is 0 Å². The minimum absolute atomic E-state index is 0.0177. The van der Waals surface area contributed by atoms with E-state index in [1.165, 1.54) is 11.8 Å². The molecule has 0 aromatic heterocycles. The Balaban J connectivity index is 2.11. The van der Waals surface area contributed by atoms with Crippen LogP contribution in [0, 0.1) is 24.5 Å². The number of halogens is 2. The van der Waals surface area contributed by atoms with Crippen molar-refractivity contribution in [2.75, 3.05) is 13.7 Å². The van der Waals surface area contributed by atoms with Gasteiger partial charge in [0, 0.05) is 19.7 Å². The van der Waals surface area contributed by atoms with Crippen LogP contribution in [0.2, 0.25) is 0 Å². The summed E-state index contributed by atoms with van der Waals surface area (Å²) >= 11 is 0. The summed E-state index contributed by atoms with van der Waals surface area (Å²) in [5.41, 5.74) is -0.0277. The van der Waals surface area contributed by atoms with Gasteiger partial charge in [-0.25, -0.2) is 8.78 Å². The maximum Gasteiger partial charge on any atom is 0.256 e. The Bertz CT molecular complexity index is 525. The smallest absolute Gasteiger partial charge is 0.256 e. The van der Waals surface area contributed by atoms with E-state index in [1.54, 1.807) is 7.05 Å². The molecule has 0 saturated heterocycles. The molecule has 0 unspecified atom stereocenters. The Hall–Kier alpha value is -1.49. The topological polar surface area (TPSA) is 40.5 Å². The third-order valence-corrected chi connectivity index (χ3v) is 4.42. The first-order valence-corrected chi connectivity index (χ1v) is 7.27. The molecule has 0 bridgehead atoms. The minimum Gasteiger partial charge on any atom is -0.396 e. The van der Waals surface area contributed by atoms with Crippen molar-refractivity contribution in [2.45, 2.75) is 38.6 Å². The van der Waals surface area contributed by atoms with Crippen LogP contribution in [0.3, 0.4) is 0 Å². The van der Waals surface area contributed by atoms with Gasteiger partial charge in [0.25, 0.3) is 5.91 Å². The Labute approximate surface area is 123 Å². The molecule has 5 heteroatoms. The standard InChI is InChI=1S/C16H21F2NO2/c1-10-7-15(18)13(8-14(10)17)16(21)19(2)12-5-3-11(9-20)4-6-12/h7-8,11-12,20H,3-6,9H2,1-2H3. The fourth-order valence-electron chi connectivity index (χ4n) is 2.88. The van der Waals surface area contributed by atoms with Crippen LogP contribution < -0.4 is 0 Å². The summed E-state index contributed by atoms with van der Waals surface area (Å²) in [6, 6.07) is 2.05. The minimum atomic E-state index is -0.685. The lowest BCUT2D eigenvalue weighted by Gasteiger charge is -2.34. The number of hydrogen-bond acceptors (Lipinski definition) is 2. The number of carbonyl (C=O) groups is 1. The van der Waals surface area contributed by atoms with Crippen LogP contribution in [0.25, 0.3) is 0 Å². The van der Waals surface area contributed by atoms with E-state index in [0.717, 1.165) is 37.8 Å². The van der Waals surface area contributed by atoms with Gasteiger partial charge in [0.2, 0.25) is 0 Å². The molecule has 1 aliphatic carbocycles. The lowest BCUT2D eigenvalue weighted by Crippen LogP contribution is -2.40. The van der Waals surface area contributed by atoms with Crippen LogP contribution in [0.15, 0.2) is 12.1 Å². The molecule has 1 saturated carbocycles. The number of amides is 1. The predicted octanol–water partition coefficient (Wildman–Crippen LogP) is 2.90. The average molecular weight is 297 g/mol. The van der Waals surface area contributed by atoms with Gasteiger partial charge >= 0.3 is 0 Å². The van der Waals surface area contributed by atoms with Crippen molar-refractivity contribution in [3.63, 3.8) is 0 Å². The van der Waals surface area contributed by atoms with Gasteiger partial charge in [-0.1, -0.05) is 0 Å². The van der Waals surface area contributed by atoms with Crippen LogP contribution in [0.5, 0.6) is 0 Å². The van der Waals surface area contributed by atoms with Gasteiger partial charge in [0.1, 0.15) is 11.6 Å². The molecule has 1 aliphatic rings. The van der Waals surface area contributed by atoms with E-state index < -0.39 is 17.5 Å². The second-order valence-corrected chi connectivity index (χ2v) is 5.85. The molecular formula is C16H21F2NO2. The highest BCUT2D eigenvalue weighted by atomic mass is 19.1. The van der Waals surface area contributed by atoms with Crippen LogP contribution in [0.4, 0.5) is 8.78 Å². The number of hydrogen-bond donors (Lipinski definition) is 1. The van der Waals surface area contributed by atoms with E-state index in [9.17, 15) is 13.6 Å². The van der Waals surface area contributed by atoms with Gasteiger partial charge < -0.3 is 10.0 Å². The van der Waals surface area contributed by atoms with E-state index in [1.807, 2.05) is 0 Å². The number of aliphatic hydroxyl groups excluding tert-OH is 1. The molecule has 0 atom stereocenters. The molecule has 0 aliphatic heterocycles. The van der Waals surface area contributed by atoms with Crippen molar-refractivity contribution in [1.82, 2.24) is 4.90 Å². The van der Waals surface area contributed by atoms with E-state index in [0.29, 0.717) is 5.92 Å². The SMILES string of the molecule is Cc1cc(F)c(C(=O)N(C)C2CCC(CO)CC2)cc1F. The number of aliphatic hydroxyl groups is 1. The summed E-state index contributed by atoms with van der Waals surface area (Å²) in [6.45, 7) is 1.63. The predicted molar refractivity (Wildman–Crippen MR) is 76.0 cm³/mol. The molecule has 1 amide bonds. The lowest BCUT2D eigenvalue weighted by atomic mass is 9.86. The van der Waals surface area contributed by atoms with Gasteiger partial charge in [-0.2, -0.15) is 0 Å². The van der Waals surface area contributed by atoms with Crippen LogP contribution in [-0.4, -0.2) is 35.6 Å². The fourth-order valence-corrected chi connectivity index (χ4v) is 2.88. The van der Waals surface area contributed by atoms with Crippen LogP contribution in [0.1, 0.15) is 41.6 Å². The molecule has 116 valence electrons. The van der Waals surface area contributed by atoms with Crippen LogP contribution in [-0.2, 0) is 0 Å². The number of aryl methyl sites for hydroxylation is 1. The third-order valence-electron chi connectivity index (χ3n) is 4.42. The first-order chi connectivity index (χ1) is 9.93. The zero-order valence-corrected chi connectivity index (χ0v) is 12.4. The van der Waals surface area contributed by atoms with Gasteiger partial charge in [-0.3, -0.25) is 4.79 Å². The zero-order chi connectivity index (χ0) is 15.6. The third kappa shape index (κ3) is 3.40. The Morgan fingerprint density at radius 3 is 2.43 bits per heavy atom. The molecule has 1 fully saturated rings. The second-order valence-electron chi connectivity index (χ2n) is 5.85. The van der Waals surface area contributed by atoms with Gasteiger partial charge in [0.15, 0.2) is 0 Å². The number of benzene rings is 1. The van der Waals surface area contributed by atoms with Crippen molar-refractivity contribution in [2.24, 2.45) is 5.92 Å². The molecule has 1 N–H and O–H groups in total. The molecule has 0 radical (unpaired) electrons. The van der Waals surface area contributed by atoms with E-state index in [4.69, 9.17) is 5.11 Å². The second kappa shape index (κ2) is 6.52. The number of carbonyl (C=O) groups excluding carboxylic acids is 1. The first kappa shape index (κ1) is 15.9.